The molecule has 160 valence electrons. The van der Waals surface area contributed by atoms with Crippen molar-refractivity contribution in [3.05, 3.63) is 11.6 Å². The molecule has 6 rings (SSSR count). The van der Waals surface area contributed by atoms with E-state index in [0.29, 0.717) is 24.2 Å². The van der Waals surface area contributed by atoms with E-state index >= 15 is 0 Å². The lowest BCUT2D eigenvalue weighted by Gasteiger charge is -2.62. The monoisotopic (exact) mass is 400 g/mol. The van der Waals surface area contributed by atoms with Crippen molar-refractivity contribution in [2.75, 3.05) is 26.4 Å². The number of hydrogen-bond donors (Lipinski definition) is 1. The van der Waals surface area contributed by atoms with E-state index < -0.39 is 0 Å². The second-order valence-electron chi connectivity index (χ2n) is 11.8. The van der Waals surface area contributed by atoms with Crippen molar-refractivity contribution in [1.29, 1.82) is 0 Å². The SMILES string of the molecule is CC12CCC(=O)C=C1CCC1C2C(O)CC2(C)C1CCC21COCC12CCOC2. The van der Waals surface area contributed by atoms with Crippen LogP contribution in [0.3, 0.4) is 0 Å². The molecule has 0 aromatic carbocycles. The second kappa shape index (κ2) is 5.95. The Morgan fingerprint density at radius 2 is 1.86 bits per heavy atom. The molecule has 6 aliphatic rings. The van der Waals surface area contributed by atoms with Gasteiger partial charge >= 0.3 is 0 Å². The number of carbonyl (C=O) groups is 1. The van der Waals surface area contributed by atoms with Gasteiger partial charge < -0.3 is 14.6 Å². The molecule has 3 saturated carbocycles. The second-order valence-corrected chi connectivity index (χ2v) is 11.8. The molecule has 4 nitrogen and oxygen atoms in total. The predicted molar refractivity (Wildman–Crippen MR) is 109 cm³/mol. The minimum absolute atomic E-state index is 0.00760. The first kappa shape index (κ1) is 19.0. The first-order chi connectivity index (χ1) is 13.9. The Bertz CT molecular complexity index is 761. The Hall–Kier alpha value is -0.710. The van der Waals surface area contributed by atoms with Crippen LogP contribution >= 0.6 is 0 Å². The van der Waals surface area contributed by atoms with Crippen LogP contribution in [0.5, 0.6) is 0 Å². The van der Waals surface area contributed by atoms with Gasteiger partial charge in [0.25, 0.3) is 0 Å². The molecule has 1 N–H and O–H groups in total. The van der Waals surface area contributed by atoms with Crippen LogP contribution in [0.2, 0.25) is 0 Å². The van der Waals surface area contributed by atoms with Crippen molar-refractivity contribution in [2.45, 2.75) is 71.3 Å². The fraction of sp³-hybridized carbons (Fsp3) is 0.880. The van der Waals surface area contributed by atoms with E-state index in [-0.39, 0.29) is 33.5 Å². The molecule has 2 heterocycles. The summed E-state index contributed by atoms with van der Waals surface area (Å²) in [5, 5.41) is 11.7. The maximum absolute atomic E-state index is 12.1. The largest absolute Gasteiger partial charge is 0.393 e. The summed E-state index contributed by atoms with van der Waals surface area (Å²) in [6.07, 6.45) is 9.91. The molecule has 0 aromatic heterocycles. The van der Waals surface area contributed by atoms with E-state index in [2.05, 4.69) is 13.8 Å². The summed E-state index contributed by atoms with van der Waals surface area (Å²) in [6.45, 7) is 8.24. The van der Waals surface area contributed by atoms with Gasteiger partial charge in [0, 0.05) is 23.9 Å². The number of aliphatic hydroxyl groups excluding tert-OH is 1. The van der Waals surface area contributed by atoms with E-state index in [1.165, 1.54) is 18.4 Å². The normalized spacial score (nSPS) is 56.4. The third-order valence-electron chi connectivity index (χ3n) is 11.1. The highest BCUT2D eigenvalue weighted by molar-refractivity contribution is 5.91. The summed E-state index contributed by atoms with van der Waals surface area (Å²) in [6, 6.07) is 0. The number of fused-ring (bicyclic) bond motifs is 7. The summed E-state index contributed by atoms with van der Waals surface area (Å²) < 4.78 is 12.2. The average Bonchev–Trinajstić information content (AvgIpc) is 3.37. The maximum atomic E-state index is 12.1. The highest BCUT2D eigenvalue weighted by atomic mass is 16.5. The molecule has 2 aliphatic heterocycles. The zero-order chi connectivity index (χ0) is 20.1. The number of carbonyl (C=O) groups excluding carboxylic acids is 1. The minimum atomic E-state index is -0.280. The van der Waals surface area contributed by atoms with Crippen molar-refractivity contribution in [3.63, 3.8) is 0 Å². The van der Waals surface area contributed by atoms with Crippen molar-refractivity contribution >= 4 is 5.78 Å². The van der Waals surface area contributed by atoms with Crippen LogP contribution < -0.4 is 0 Å². The van der Waals surface area contributed by atoms with Gasteiger partial charge in [-0.3, -0.25) is 4.79 Å². The Morgan fingerprint density at radius 1 is 1.03 bits per heavy atom. The van der Waals surface area contributed by atoms with Gasteiger partial charge in [-0.25, -0.2) is 0 Å². The lowest BCUT2D eigenvalue weighted by atomic mass is 9.42. The first-order valence-corrected chi connectivity index (χ1v) is 11.9. The Kier molecular flexibility index (Phi) is 3.90. The van der Waals surface area contributed by atoms with Crippen LogP contribution in [-0.2, 0) is 14.3 Å². The molecule has 0 aromatic rings. The van der Waals surface area contributed by atoms with Crippen LogP contribution in [-0.4, -0.2) is 43.4 Å². The van der Waals surface area contributed by atoms with Crippen LogP contribution in [0.4, 0.5) is 0 Å². The van der Waals surface area contributed by atoms with E-state index in [1.807, 2.05) is 6.08 Å². The quantitative estimate of drug-likeness (QED) is 0.670. The minimum Gasteiger partial charge on any atom is -0.393 e. The summed E-state index contributed by atoms with van der Waals surface area (Å²) in [5.41, 5.74) is 1.78. The zero-order valence-corrected chi connectivity index (χ0v) is 18.0. The van der Waals surface area contributed by atoms with Crippen LogP contribution in [0.15, 0.2) is 11.6 Å². The fourth-order valence-electron chi connectivity index (χ4n) is 9.72. The molecule has 4 heteroatoms. The molecule has 29 heavy (non-hydrogen) atoms. The number of aliphatic hydroxyl groups is 1. The summed E-state index contributed by atoms with van der Waals surface area (Å²) >= 11 is 0. The zero-order valence-electron chi connectivity index (χ0n) is 18.0. The number of ether oxygens (including phenoxy) is 2. The van der Waals surface area contributed by atoms with Gasteiger partial charge in [0.2, 0.25) is 0 Å². The van der Waals surface area contributed by atoms with Gasteiger partial charge in [-0.15, -0.1) is 0 Å². The lowest BCUT2D eigenvalue weighted by molar-refractivity contribution is -0.164. The number of hydrogen-bond acceptors (Lipinski definition) is 4. The number of rotatable bonds is 0. The standard InChI is InChI=1S/C25H36O4/c1-22-7-5-17(26)11-16(22)3-4-18-19-6-8-25(23(19,2)12-20(27)21(18)22)15-29-14-24(25)9-10-28-13-24/h11,18-21,27H,3-10,12-15H2,1-2H3. The first-order valence-electron chi connectivity index (χ1n) is 11.9. The fourth-order valence-corrected chi connectivity index (χ4v) is 9.72. The van der Waals surface area contributed by atoms with Gasteiger partial charge in [0.15, 0.2) is 5.78 Å². The van der Waals surface area contributed by atoms with Crippen molar-refractivity contribution in [3.8, 4) is 0 Å². The van der Waals surface area contributed by atoms with E-state index in [0.717, 1.165) is 58.5 Å². The molecule has 2 saturated heterocycles. The lowest BCUT2D eigenvalue weighted by Crippen LogP contribution is -2.61. The van der Waals surface area contributed by atoms with Gasteiger partial charge in [-0.05, 0) is 79.6 Å². The van der Waals surface area contributed by atoms with Gasteiger partial charge in [-0.1, -0.05) is 19.4 Å². The highest BCUT2D eigenvalue weighted by Gasteiger charge is 2.73. The van der Waals surface area contributed by atoms with Crippen molar-refractivity contribution in [2.24, 2.45) is 39.4 Å². The van der Waals surface area contributed by atoms with Crippen molar-refractivity contribution < 1.29 is 19.4 Å². The molecule has 0 radical (unpaired) electrons. The molecule has 4 aliphatic carbocycles. The highest BCUT2D eigenvalue weighted by Crippen LogP contribution is 2.75. The molecule has 8 atom stereocenters. The summed E-state index contributed by atoms with van der Waals surface area (Å²) in [4.78, 5) is 12.1. The third-order valence-corrected chi connectivity index (χ3v) is 11.1. The van der Waals surface area contributed by atoms with Crippen molar-refractivity contribution in [1.82, 2.24) is 0 Å². The maximum Gasteiger partial charge on any atom is 0.155 e. The topological polar surface area (TPSA) is 55.8 Å². The number of ketones is 1. The Morgan fingerprint density at radius 3 is 2.66 bits per heavy atom. The van der Waals surface area contributed by atoms with Crippen LogP contribution in [0.25, 0.3) is 0 Å². The molecule has 8 unspecified atom stereocenters. The number of allylic oxidation sites excluding steroid dienone is 1. The molecule has 0 bridgehead atoms. The molecule has 0 amide bonds. The predicted octanol–water partition coefficient (Wildman–Crippen LogP) is 3.91. The van der Waals surface area contributed by atoms with Gasteiger partial charge in [0.1, 0.15) is 0 Å². The third kappa shape index (κ3) is 2.14. The van der Waals surface area contributed by atoms with Gasteiger partial charge in [0.05, 0.1) is 25.9 Å². The van der Waals surface area contributed by atoms with E-state index in [9.17, 15) is 9.90 Å². The molecular weight excluding hydrogens is 364 g/mol. The van der Waals surface area contributed by atoms with Crippen LogP contribution in [0.1, 0.15) is 65.2 Å². The van der Waals surface area contributed by atoms with Crippen LogP contribution in [0, 0.1) is 39.4 Å². The van der Waals surface area contributed by atoms with E-state index in [4.69, 9.17) is 9.47 Å². The molecule has 5 fully saturated rings. The average molecular weight is 401 g/mol. The van der Waals surface area contributed by atoms with Gasteiger partial charge in [-0.2, -0.15) is 0 Å². The smallest absolute Gasteiger partial charge is 0.155 e. The van der Waals surface area contributed by atoms with E-state index in [1.54, 1.807) is 0 Å². The summed E-state index contributed by atoms with van der Waals surface area (Å²) in [7, 11) is 0. The molecular formula is C25H36O4. The Balaban J connectivity index is 1.41. The molecule has 2 spiro atoms. The summed E-state index contributed by atoms with van der Waals surface area (Å²) in [5.74, 6) is 1.82. The Labute approximate surface area is 174 Å².